The van der Waals surface area contributed by atoms with Crippen LogP contribution < -0.4 is 0 Å². The standard InChI is InChI=1S/C21H19BN3O4S/c1-20-6-7-21(29-20,8-10-28-30-22)16-15(20)18(26)25(19(16)27)14-5-4-12(11-23)17-13(14)3-2-9-24-17/h2-5,9,22,26-27H,6-8,10H2,1H3/i22T. The first-order valence-corrected chi connectivity index (χ1v) is 10.4. The number of aromatic nitrogens is 2. The Kier molecular flexibility index (Phi) is 4.03. The van der Waals surface area contributed by atoms with Gasteiger partial charge in [-0.05, 0) is 45.4 Å². The van der Waals surface area contributed by atoms with Gasteiger partial charge in [-0.3, -0.25) is 9.55 Å². The summed E-state index contributed by atoms with van der Waals surface area (Å²) in [5.41, 5.74) is 1.18. The van der Waals surface area contributed by atoms with Crippen molar-refractivity contribution < 1.29 is 19.1 Å². The third kappa shape index (κ3) is 2.44. The van der Waals surface area contributed by atoms with Crippen LogP contribution in [-0.4, -0.2) is 34.8 Å². The van der Waals surface area contributed by atoms with Gasteiger partial charge in [-0.1, -0.05) is 11.9 Å². The van der Waals surface area contributed by atoms with Crippen LogP contribution in [0.15, 0.2) is 30.5 Å². The van der Waals surface area contributed by atoms with Crippen LogP contribution in [0, 0.1) is 11.3 Å². The van der Waals surface area contributed by atoms with Crippen LogP contribution in [0.25, 0.3) is 16.6 Å². The molecule has 2 aliphatic heterocycles. The Morgan fingerprint density at radius 2 is 2.20 bits per heavy atom. The van der Waals surface area contributed by atoms with Crippen molar-refractivity contribution in [2.75, 3.05) is 6.61 Å². The molecule has 30 heavy (non-hydrogen) atoms. The van der Waals surface area contributed by atoms with Crippen LogP contribution in [0.5, 0.6) is 11.8 Å². The van der Waals surface area contributed by atoms with Gasteiger partial charge in [0.05, 0.1) is 40.1 Å². The molecule has 0 aliphatic carbocycles. The summed E-state index contributed by atoms with van der Waals surface area (Å²) in [7, 11) is 1.11. The smallest absolute Gasteiger partial charge is 0.209 e. The fourth-order valence-electron chi connectivity index (χ4n) is 5.03. The van der Waals surface area contributed by atoms with Gasteiger partial charge in [-0.25, -0.2) is 0 Å². The molecule has 1 radical (unpaired) electrons. The molecule has 2 unspecified atom stereocenters. The van der Waals surface area contributed by atoms with E-state index in [0.717, 1.165) is 19.0 Å². The summed E-state index contributed by atoms with van der Waals surface area (Å²) in [6.45, 7) is 2.26. The number of ether oxygens (including phenoxy) is 1. The molecule has 2 aromatic heterocycles. The lowest BCUT2D eigenvalue weighted by molar-refractivity contribution is -0.0869. The van der Waals surface area contributed by atoms with Crippen molar-refractivity contribution in [3.05, 3.63) is 47.2 Å². The Bertz CT molecular complexity index is 1250. The Morgan fingerprint density at radius 1 is 1.37 bits per heavy atom. The number of benzene rings is 1. The molecule has 151 valence electrons. The molecule has 2 aliphatic rings. The van der Waals surface area contributed by atoms with E-state index >= 15 is 0 Å². The van der Waals surface area contributed by atoms with E-state index in [1.54, 1.807) is 24.4 Å². The molecule has 2 bridgehead atoms. The van der Waals surface area contributed by atoms with E-state index in [-0.39, 0.29) is 11.8 Å². The molecule has 4 heterocycles. The maximum absolute atomic E-state index is 11.3. The second-order valence-electron chi connectivity index (χ2n) is 7.87. The molecular formula is C21H19BN3O4S. The summed E-state index contributed by atoms with van der Waals surface area (Å²) in [4.78, 5) is 4.33. The van der Waals surface area contributed by atoms with Crippen LogP contribution >= 0.6 is 11.9 Å². The molecule has 1 saturated heterocycles. The zero-order chi connectivity index (χ0) is 21.8. The number of hydrogen-bond acceptors (Lipinski definition) is 7. The molecule has 1 fully saturated rings. The summed E-state index contributed by atoms with van der Waals surface area (Å²) in [5.74, 6) is -0.147. The fourth-order valence-corrected chi connectivity index (χ4v) is 5.21. The normalized spacial score (nSPS) is 24.6. The minimum absolute atomic E-state index is 0.0683. The Morgan fingerprint density at radius 3 is 3.00 bits per heavy atom. The minimum atomic E-state index is -0.764. The molecule has 0 amide bonds. The maximum Gasteiger partial charge on any atom is 0.209 e. The molecule has 1 aromatic carbocycles. The summed E-state index contributed by atoms with van der Waals surface area (Å²) >= 11 is 0.945. The van der Waals surface area contributed by atoms with Crippen molar-refractivity contribution in [1.29, 1.82) is 6.60 Å². The van der Waals surface area contributed by atoms with Gasteiger partial charge in [0.1, 0.15) is 11.7 Å². The van der Waals surface area contributed by atoms with Crippen molar-refractivity contribution in [2.24, 2.45) is 0 Å². The minimum Gasteiger partial charge on any atom is -0.494 e. The van der Waals surface area contributed by atoms with Crippen molar-refractivity contribution in [1.82, 2.24) is 9.55 Å². The molecule has 5 rings (SSSR count). The monoisotopic (exact) mass is 422 g/mol. The van der Waals surface area contributed by atoms with E-state index in [4.69, 9.17) is 10.3 Å². The highest BCUT2D eigenvalue weighted by molar-refractivity contribution is 8.15. The second-order valence-corrected chi connectivity index (χ2v) is 8.30. The van der Waals surface area contributed by atoms with Crippen molar-refractivity contribution in [3.63, 3.8) is 0 Å². The lowest BCUT2D eigenvalue weighted by Gasteiger charge is -2.26. The number of pyridine rings is 1. The van der Waals surface area contributed by atoms with Crippen LogP contribution in [0.2, 0.25) is 0 Å². The van der Waals surface area contributed by atoms with E-state index in [1.807, 2.05) is 13.0 Å². The highest BCUT2D eigenvalue weighted by atomic mass is 32.2. The highest BCUT2D eigenvalue weighted by Gasteiger charge is 2.61. The van der Waals surface area contributed by atoms with Crippen molar-refractivity contribution in [3.8, 4) is 23.5 Å². The summed E-state index contributed by atoms with van der Waals surface area (Å²) in [5, 5.41) is 32.7. The first-order chi connectivity index (χ1) is 15.0. The topological polar surface area (TPSA) is 101 Å². The van der Waals surface area contributed by atoms with Gasteiger partial charge in [-0.2, -0.15) is 5.26 Å². The molecule has 2 N–H and O–H groups in total. The van der Waals surface area contributed by atoms with E-state index in [9.17, 15) is 15.5 Å². The fraction of sp³-hybridized carbons (Fsp3) is 0.333. The van der Waals surface area contributed by atoms with Gasteiger partial charge in [-0.15, -0.1) is 0 Å². The number of nitriles is 1. The van der Waals surface area contributed by atoms with Gasteiger partial charge in [0.15, 0.2) is 0 Å². The Labute approximate surface area is 180 Å². The van der Waals surface area contributed by atoms with Gasteiger partial charge in [0, 0.05) is 18.0 Å². The first-order valence-electron chi connectivity index (χ1n) is 10.2. The number of fused-ring (bicyclic) bond motifs is 6. The highest BCUT2D eigenvalue weighted by Crippen LogP contribution is 2.65. The molecule has 0 spiro atoms. The van der Waals surface area contributed by atoms with Gasteiger partial charge in [0.25, 0.3) is 0 Å². The maximum atomic E-state index is 11.3. The molecule has 0 saturated carbocycles. The lowest BCUT2D eigenvalue weighted by atomic mass is 9.78. The van der Waals surface area contributed by atoms with Crippen molar-refractivity contribution >= 4 is 29.9 Å². The average Bonchev–Trinajstić information content (AvgIpc) is 3.35. The summed E-state index contributed by atoms with van der Waals surface area (Å²) < 4.78 is 20.3. The van der Waals surface area contributed by atoms with Crippen molar-refractivity contribution in [2.45, 2.75) is 37.4 Å². The second kappa shape index (κ2) is 6.67. The largest absolute Gasteiger partial charge is 0.494 e. The van der Waals surface area contributed by atoms with E-state index in [2.05, 4.69) is 11.1 Å². The zero-order valence-corrected chi connectivity index (χ0v) is 17.1. The summed E-state index contributed by atoms with van der Waals surface area (Å²) in [6, 6.07) is 9.05. The average molecular weight is 422 g/mol. The van der Waals surface area contributed by atoms with Crippen LogP contribution in [0.4, 0.5) is 0 Å². The molecule has 7 nitrogen and oxygen atoms in total. The van der Waals surface area contributed by atoms with Crippen LogP contribution in [0.1, 0.15) is 42.9 Å². The number of hydrogen-bond donors (Lipinski definition) is 2. The quantitative estimate of drug-likeness (QED) is 0.357. The third-order valence-electron chi connectivity index (χ3n) is 6.30. The predicted octanol–water partition coefficient (Wildman–Crippen LogP) is 3.41. The molecule has 9 heteroatoms. The van der Waals surface area contributed by atoms with Crippen LogP contribution in [-0.2, 0) is 20.1 Å². The zero-order valence-electron chi connectivity index (χ0n) is 17.3. The SMILES string of the molecule is [3H][B]SOCCC12CCC(C)(O1)c1c2c(O)n(-c2ccc(C#N)c3ncccc23)c1O. The van der Waals surface area contributed by atoms with E-state index in [0.29, 0.717) is 59.2 Å². The lowest BCUT2D eigenvalue weighted by Crippen LogP contribution is -2.24. The number of rotatable bonds is 6. The summed E-state index contributed by atoms with van der Waals surface area (Å²) in [6.07, 6.45) is 3.51. The molecular weight excluding hydrogens is 401 g/mol. The van der Waals surface area contributed by atoms with E-state index < -0.39 is 11.2 Å². The predicted molar refractivity (Wildman–Crippen MR) is 114 cm³/mol. The number of nitrogens with zero attached hydrogens (tertiary/aromatic N) is 3. The Balaban J connectivity index is 1.68. The van der Waals surface area contributed by atoms with Crippen LogP contribution in [0.3, 0.4) is 0 Å². The Hall–Kier alpha value is -2.67. The van der Waals surface area contributed by atoms with Gasteiger partial charge < -0.3 is 19.1 Å². The van der Waals surface area contributed by atoms with Gasteiger partial charge in [0.2, 0.25) is 18.8 Å². The first kappa shape index (κ1) is 18.1. The van der Waals surface area contributed by atoms with E-state index in [1.165, 1.54) is 4.57 Å². The number of aromatic hydroxyl groups is 2. The molecule has 3 aromatic rings. The molecule has 2 atom stereocenters. The third-order valence-corrected chi connectivity index (χ3v) is 6.60. The van der Waals surface area contributed by atoms with Gasteiger partial charge >= 0.3 is 0 Å².